The summed E-state index contributed by atoms with van der Waals surface area (Å²) in [4.78, 5) is 14.7. The summed E-state index contributed by atoms with van der Waals surface area (Å²) in [6.45, 7) is 6.89. The number of ketones is 1. The Labute approximate surface area is 161 Å². The molecule has 0 amide bonds. The van der Waals surface area contributed by atoms with Crippen molar-refractivity contribution in [3.63, 3.8) is 0 Å². The number of benzene rings is 2. The van der Waals surface area contributed by atoms with Crippen LogP contribution >= 0.6 is 0 Å². The van der Waals surface area contributed by atoms with Crippen molar-refractivity contribution in [1.29, 1.82) is 0 Å². The molecular formula is C21H20IrNO2-. The minimum atomic E-state index is -0.125. The van der Waals surface area contributed by atoms with E-state index in [1.807, 2.05) is 42.5 Å². The molecule has 0 aliphatic carbocycles. The van der Waals surface area contributed by atoms with Crippen LogP contribution in [0.3, 0.4) is 0 Å². The fourth-order valence-electron chi connectivity index (χ4n) is 2.28. The Morgan fingerprint density at radius 2 is 1.64 bits per heavy atom. The Morgan fingerprint density at radius 3 is 2.24 bits per heavy atom. The van der Waals surface area contributed by atoms with Crippen molar-refractivity contribution in [2.45, 2.75) is 13.8 Å². The topological polar surface area (TPSA) is 50.2 Å². The van der Waals surface area contributed by atoms with Gasteiger partial charge >= 0.3 is 0 Å². The zero-order valence-electron chi connectivity index (χ0n) is 14.2. The van der Waals surface area contributed by atoms with Gasteiger partial charge in [0, 0.05) is 37.3 Å². The maximum atomic E-state index is 10.0. The Kier molecular flexibility index (Phi) is 8.06. The summed E-state index contributed by atoms with van der Waals surface area (Å²) in [5.41, 5.74) is 4.11. The van der Waals surface area contributed by atoms with Gasteiger partial charge in [-0.3, -0.25) is 9.78 Å². The van der Waals surface area contributed by atoms with E-state index in [4.69, 9.17) is 5.11 Å². The number of rotatable bonds is 2. The normalized spacial score (nSPS) is 10.4. The molecule has 1 radical (unpaired) electrons. The molecule has 0 saturated heterocycles. The van der Waals surface area contributed by atoms with Gasteiger partial charge in [0.25, 0.3) is 0 Å². The Hall–Kier alpha value is -2.42. The summed E-state index contributed by atoms with van der Waals surface area (Å²) >= 11 is 0. The number of fused-ring (bicyclic) bond motifs is 1. The molecule has 0 fully saturated rings. The molecule has 3 nitrogen and oxygen atoms in total. The van der Waals surface area contributed by atoms with E-state index in [2.05, 4.69) is 30.1 Å². The third kappa shape index (κ3) is 6.18. The number of carbonyl (C=O) groups is 1. The van der Waals surface area contributed by atoms with E-state index in [1.165, 1.54) is 19.9 Å². The number of aliphatic hydroxyl groups excluding tert-OH is 1. The minimum Gasteiger partial charge on any atom is -0.512 e. The first-order valence-electron chi connectivity index (χ1n) is 7.62. The van der Waals surface area contributed by atoms with Crippen molar-refractivity contribution < 1.29 is 30.0 Å². The molecule has 0 atom stereocenters. The maximum absolute atomic E-state index is 10.0. The number of para-hydroxylation sites is 1. The van der Waals surface area contributed by atoms with Gasteiger partial charge < -0.3 is 5.11 Å². The van der Waals surface area contributed by atoms with Crippen molar-refractivity contribution in [2.24, 2.45) is 0 Å². The molecule has 4 heteroatoms. The van der Waals surface area contributed by atoms with E-state index in [9.17, 15) is 4.79 Å². The Morgan fingerprint density at radius 1 is 1.00 bits per heavy atom. The van der Waals surface area contributed by atoms with Gasteiger partial charge in [-0.05, 0) is 26.0 Å². The third-order valence-electron chi connectivity index (χ3n) is 3.30. The smallest absolute Gasteiger partial charge is 0.155 e. The third-order valence-corrected chi connectivity index (χ3v) is 3.30. The molecule has 0 bridgehead atoms. The van der Waals surface area contributed by atoms with Crippen molar-refractivity contribution in [1.82, 2.24) is 4.98 Å². The van der Waals surface area contributed by atoms with Crippen LogP contribution in [0.15, 0.2) is 72.5 Å². The monoisotopic (exact) mass is 511 g/mol. The van der Waals surface area contributed by atoms with Crippen LogP contribution in [0.1, 0.15) is 19.4 Å². The SMILES string of the molecule is CC(=O)/C=C(/C)O.[CH2-]c1ccccc1-c1ccc2ccccc2n1.[Ir]. The summed E-state index contributed by atoms with van der Waals surface area (Å²) in [5.74, 6) is -0.0625. The zero-order valence-corrected chi connectivity index (χ0v) is 16.6. The fourth-order valence-corrected chi connectivity index (χ4v) is 2.28. The number of nitrogens with zero attached hydrogens (tertiary/aromatic N) is 1. The maximum Gasteiger partial charge on any atom is 0.155 e. The van der Waals surface area contributed by atoms with Crippen LogP contribution in [-0.2, 0) is 24.9 Å². The minimum absolute atomic E-state index is 0. The summed E-state index contributed by atoms with van der Waals surface area (Å²) in [7, 11) is 0. The van der Waals surface area contributed by atoms with Crippen LogP contribution in [0.4, 0.5) is 0 Å². The first-order chi connectivity index (χ1) is 11.5. The van der Waals surface area contributed by atoms with E-state index < -0.39 is 0 Å². The van der Waals surface area contributed by atoms with Crippen LogP contribution in [0.2, 0.25) is 0 Å². The van der Waals surface area contributed by atoms with E-state index in [1.54, 1.807) is 0 Å². The summed E-state index contributed by atoms with van der Waals surface area (Å²) in [5, 5.41) is 9.53. The number of pyridine rings is 1. The van der Waals surface area contributed by atoms with Crippen molar-refractivity contribution in [3.8, 4) is 11.3 Å². The van der Waals surface area contributed by atoms with Crippen LogP contribution < -0.4 is 0 Å². The van der Waals surface area contributed by atoms with E-state index in [0.717, 1.165) is 27.7 Å². The van der Waals surface area contributed by atoms with Crippen LogP contribution in [0.25, 0.3) is 22.2 Å². The van der Waals surface area contributed by atoms with Gasteiger partial charge in [0.15, 0.2) is 5.78 Å². The molecule has 131 valence electrons. The number of hydrogen-bond acceptors (Lipinski definition) is 3. The molecule has 0 unspecified atom stereocenters. The molecule has 0 saturated carbocycles. The van der Waals surface area contributed by atoms with E-state index >= 15 is 0 Å². The fraction of sp³-hybridized carbons (Fsp3) is 0.0952. The van der Waals surface area contributed by atoms with Gasteiger partial charge in [-0.2, -0.15) is 18.6 Å². The molecule has 0 spiro atoms. The second-order valence-corrected chi connectivity index (χ2v) is 5.44. The van der Waals surface area contributed by atoms with Crippen molar-refractivity contribution >= 4 is 16.7 Å². The van der Waals surface area contributed by atoms with Gasteiger partial charge in [0.1, 0.15) is 0 Å². The molecular weight excluding hydrogens is 490 g/mol. The van der Waals surface area contributed by atoms with Crippen molar-refractivity contribution in [2.75, 3.05) is 0 Å². The van der Waals surface area contributed by atoms with E-state index in [-0.39, 0.29) is 31.6 Å². The number of aliphatic hydroxyl groups is 1. The molecule has 3 rings (SSSR count). The molecule has 1 heterocycles. The van der Waals surface area contributed by atoms with Crippen LogP contribution in [-0.4, -0.2) is 15.9 Å². The summed E-state index contributed by atoms with van der Waals surface area (Å²) in [6, 6.07) is 20.4. The molecule has 0 aliphatic heterocycles. The molecule has 0 aliphatic rings. The van der Waals surface area contributed by atoms with Crippen molar-refractivity contribution in [3.05, 3.63) is 85.0 Å². The number of hydrogen-bond donors (Lipinski definition) is 1. The predicted octanol–water partition coefficient (Wildman–Crippen LogP) is 5.12. The van der Waals surface area contributed by atoms with Gasteiger partial charge in [0.2, 0.25) is 0 Å². The second-order valence-electron chi connectivity index (χ2n) is 5.44. The Balaban J connectivity index is 0.000000339. The quantitative estimate of drug-likeness (QED) is 0.296. The average molecular weight is 511 g/mol. The van der Waals surface area contributed by atoms with Gasteiger partial charge in [-0.25, -0.2) is 0 Å². The number of carbonyl (C=O) groups excluding carboxylic acids is 1. The van der Waals surface area contributed by atoms with Crippen LogP contribution in [0.5, 0.6) is 0 Å². The molecule has 25 heavy (non-hydrogen) atoms. The first kappa shape index (κ1) is 20.6. The molecule has 1 aromatic heterocycles. The van der Waals surface area contributed by atoms with E-state index in [0.29, 0.717) is 0 Å². The predicted molar refractivity (Wildman–Crippen MR) is 98.7 cm³/mol. The standard InChI is InChI=1S/C16H12N.C5H8O2.Ir/c1-12-6-2-4-8-14(12)16-11-10-13-7-3-5-9-15(13)17-16;1-4(6)3-5(2)7;/h2-11H,1H2;3,6H,1-2H3;/q-1;;/b;4-3-;. The second kappa shape index (κ2) is 9.77. The molecule has 2 aromatic carbocycles. The van der Waals surface area contributed by atoms with Gasteiger partial charge in [-0.15, -0.1) is 17.7 Å². The van der Waals surface area contributed by atoms with Gasteiger partial charge in [-0.1, -0.05) is 30.3 Å². The Bertz CT molecular complexity index is 884. The summed E-state index contributed by atoms with van der Waals surface area (Å²) < 4.78 is 0. The number of aromatic nitrogens is 1. The summed E-state index contributed by atoms with van der Waals surface area (Å²) in [6.07, 6.45) is 1.17. The molecule has 3 aromatic rings. The number of allylic oxidation sites excluding steroid dienone is 2. The largest absolute Gasteiger partial charge is 0.512 e. The average Bonchev–Trinajstić information content (AvgIpc) is 2.54. The van der Waals surface area contributed by atoms with Gasteiger partial charge in [0.05, 0.1) is 11.3 Å². The van der Waals surface area contributed by atoms with Crippen LogP contribution in [0, 0.1) is 6.92 Å². The zero-order chi connectivity index (χ0) is 17.5. The molecule has 1 N–H and O–H groups in total. The first-order valence-corrected chi connectivity index (χ1v) is 7.62.